The molecule has 1 fully saturated rings. The quantitative estimate of drug-likeness (QED) is 0.392. The molecule has 1 saturated carbocycles. The second-order valence-electron chi connectivity index (χ2n) is 6.33. The van der Waals surface area contributed by atoms with E-state index in [0.717, 1.165) is 35.2 Å². The van der Waals surface area contributed by atoms with Crippen LogP contribution in [0.3, 0.4) is 0 Å². The molecule has 3 nitrogen and oxygen atoms in total. The Kier molecular flexibility index (Phi) is 5.67. The summed E-state index contributed by atoms with van der Waals surface area (Å²) in [6.45, 7) is 4.55. The summed E-state index contributed by atoms with van der Waals surface area (Å²) >= 11 is 9.97. The Morgan fingerprint density at radius 3 is 2.71 bits per heavy atom. The summed E-state index contributed by atoms with van der Waals surface area (Å²) in [7, 11) is 0. The van der Waals surface area contributed by atoms with Gasteiger partial charge in [0.15, 0.2) is 0 Å². The van der Waals surface area contributed by atoms with E-state index in [9.17, 15) is 10.1 Å². The summed E-state index contributed by atoms with van der Waals surface area (Å²) in [6, 6.07) is 5.01. The summed E-state index contributed by atoms with van der Waals surface area (Å²) in [4.78, 5) is 10.4. The van der Waals surface area contributed by atoms with Crippen LogP contribution in [0.1, 0.15) is 38.7 Å². The number of hydrogen-bond donors (Lipinski definition) is 0. The Hall–Kier alpha value is -0.610. The van der Waals surface area contributed by atoms with Crippen LogP contribution in [0, 0.1) is 27.9 Å². The lowest BCUT2D eigenvalue weighted by molar-refractivity contribution is -0.384. The number of non-ortho nitro benzene ring substituents is 1. The van der Waals surface area contributed by atoms with Gasteiger partial charge in [-0.05, 0) is 49.0 Å². The minimum atomic E-state index is -0.367. The number of benzene rings is 1. The number of nitrogens with zero attached hydrogens (tertiary/aromatic N) is 1. The monoisotopic (exact) mass is 373 g/mol. The molecule has 0 heterocycles. The summed E-state index contributed by atoms with van der Waals surface area (Å²) < 4.78 is 0.812. The topological polar surface area (TPSA) is 43.1 Å². The first-order chi connectivity index (χ1) is 9.88. The molecule has 0 N–H and O–H groups in total. The van der Waals surface area contributed by atoms with Crippen molar-refractivity contribution in [3.8, 4) is 0 Å². The highest BCUT2D eigenvalue weighted by Crippen LogP contribution is 2.39. The molecule has 0 aliphatic heterocycles. The van der Waals surface area contributed by atoms with Gasteiger partial charge in [0.25, 0.3) is 5.69 Å². The third-order valence-corrected chi connectivity index (χ3v) is 5.92. The summed E-state index contributed by atoms with van der Waals surface area (Å²) in [5.74, 6) is 1.88. The minimum Gasteiger partial charge on any atom is -0.258 e. The zero-order valence-corrected chi connectivity index (χ0v) is 14.7. The third-order valence-electron chi connectivity index (χ3n) is 4.60. The lowest BCUT2D eigenvalue weighted by Gasteiger charge is -2.35. The van der Waals surface area contributed by atoms with E-state index in [1.54, 1.807) is 12.1 Å². The van der Waals surface area contributed by atoms with Gasteiger partial charge in [0.1, 0.15) is 0 Å². The molecule has 0 bridgehead atoms. The molecule has 1 aliphatic rings. The van der Waals surface area contributed by atoms with Gasteiger partial charge < -0.3 is 0 Å². The van der Waals surface area contributed by atoms with Gasteiger partial charge in [0.05, 0.1) is 4.92 Å². The fourth-order valence-electron chi connectivity index (χ4n) is 3.18. The molecular weight excluding hydrogens is 354 g/mol. The molecule has 0 spiro atoms. The van der Waals surface area contributed by atoms with Crippen LogP contribution in [0.2, 0.25) is 0 Å². The van der Waals surface area contributed by atoms with Crippen LogP contribution >= 0.6 is 27.5 Å². The third kappa shape index (κ3) is 4.19. The van der Waals surface area contributed by atoms with E-state index in [4.69, 9.17) is 11.6 Å². The van der Waals surface area contributed by atoms with E-state index < -0.39 is 0 Å². The van der Waals surface area contributed by atoms with Crippen LogP contribution in [0.15, 0.2) is 22.7 Å². The van der Waals surface area contributed by atoms with Crippen molar-refractivity contribution >= 4 is 33.2 Å². The maximum absolute atomic E-state index is 10.8. The molecule has 3 atom stereocenters. The van der Waals surface area contributed by atoms with E-state index in [-0.39, 0.29) is 16.0 Å². The number of nitro groups is 1. The molecule has 5 heteroatoms. The molecular formula is C16H21BrClNO2. The molecule has 0 amide bonds. The lowest BCUT2D eigenvalue weighted by Crippen LogP contribution is -2.29. The second-order valence-corrected chi connectivity index (χ2v) is 7.75. The van der Waals surface area contributed by atoms with E-state index in [2.05, 4.69) is 29.8 Å². The average Bonchev–Trinajstić information content (AvgIpc) is 2.42. The van der Waals surface area contributed by atoms with Crippen LogP contribution in [-0.4, -0.2) is 10.3 Å². The van der Waals surface area contributed by atoms with Gasteiger partial charge in [-0.2, -0.15) is 0 Å². The van der Waals surface area contributed by atoms with Crippen LogP contribution in [0.4, 0.5) is 5.69 Å². The molecule has 1 aromatic rings. The Morgan fingerprint density at radius 1 is 1.43 bits per heavy atom. The van der Waals surface area contributed by atoms with Gasteiger partial charge in [0, 0.05) is 22.0 Å². The van der Waals surface area contributed by atoms with Crippen molar-refractivity contribution < 1.29 is 4.92 Å². The van der Waals surface area contributed by atoms with Crippen molar-refractivity contribution in [2.24, 2.45) is 17.8 Å². The first-order valence-electron chi connectivity index (χ1n) is 7.45. The van der Waals surface area contributed by atoms with Gasteiger partial charge in [-0.1, -0.05) is 35.8 Å². The van der Waals surface area contributed by atoms with Crippen molar-refractivity contribution in [2.45, 2.75) is 44.9 Å². The average molecular weight is 375 g/mol. The molecule has 0 aromatic heterocycles. The van der Waals surface area contributed by atoms with Crippen LogP contribution in [0.5, 0.6) is 0 Å². The predicted molar refractivity (Wildman–Crippen MR) is 89.8 cm³/mol. The number of alkyl halides is 1. The molecule has 2 rings (SSSR count). The van der Waals surface area contributed by atoms with Crippen molar-refractivity contribution in [1.29, 1.82) is 0 Å². The smallest absolute Gasteiger partial charge is 0.258 e. The number of rotatable bonds is 4. The van der Waals surface area contributed by atoms with Gasteiger partial charge in [0.2, 0.25) is 0 Å². The first kappa shape index (κ1) is 16.8. The molecule has 1 aromatic carbocycles. The Labute approximate surface area is 139 Å². The molecule has 116 valence electrons. The fourth-order valence-corrected chi connectivity index (χ4v) is 4.02. The molecule has 1 aliphatic carbocycles. The molecule has 0 radical (unpaired) electrons. The van der Waals surface area contributed by atoms with Crippen LogP contribution in [-0.2, 0) is 6.42 Å². The standard InChI is InChI=1S/C16H21BrClNO2/c1-10(2)11-4-6-16(18)13(7-11)8-12-3-5-14(19(20)21)9-15(12)17/h3,5,9-11,13,16H,4,6-8H2,1-2H3. The number of hydrogen-bond acceptors (Lipinski definition) is 2. The Bertz CT molecular complexity index is 521. The molecule has 3 unspecified atom stereocenters. The van der Waals surface area contributed by atoms with Crippen molar-refractivity contribution in [2.75, 3.05) is 0 Å². The SMILES string of the molecule is CC(C)C1CCC(Cl)C(Cc2ccc([N+](=O)[O-])cc2Br)C1. The number of halogens is 2. The van der Waals surface area contributed by atoms with E-state index >= 15 is 0 Å². The summed E-state index contributed by atoms with van der Waals surface area (Å²) in [5.41, 5.74) is 1.23. The maximum atomic E-state index is 10.8. The van der Waals surface area contributed by atoms with Gasteiger partial charge in [-0.15, -0.1) is 11.6 Å². The first-order valence-corrected chi connectivity index (χ1v) is 8.68. The molecule has 0 saturated heterocycles. The van der Waals surface area contributed by atoms with E-state index in [0.29, 0.717) is 11.8 Å². The van der Waals surface area contributed by atoms with E-state index in [1.807, 2.05) is 6.07 Å². The molecule has 21 heavy (non-hydrogen) atoms. The second kappa shape index (κ2) is 7.10. The Balaban J connectivity index is 2.11. The van der Waals surface area contributed by atoms with Crippen LogP contribution in [0.25, 0.3) is 0 Å². The zero-order valence-electron chi connectivity index (χ0n) is 12.4. The lowest BCUT2D eigenvalue weighted by atomic mass is 9.74. The van der Waals surface area contributed by atoms with Crippen molar-refractivity contribution in [1.82, 2.24) is 0 Å². The number of nitro benzene ring substituents is 1. The highest BCUT2D eigenvalue weighted by molar-refractivity contribution is 9.10. The predicted octanol–water partition coefficient (Wildman–Crippen LogP) is 5.58. The maximum Gasteiger partial charge on any atom is 0.270 e. The van der Waals surface area contributed by atoms with Gasteiger partial charge in [-0.3, -0.25) is 10.1 Å². The normalized spacial score (nSPS) is 26.0. The fraction of sp³-hybridized carbons (Fsp3) is 0.625. The highest BCUT2D eigenvalue weighted by Gasteiger charge is 2.31. The van der Waals surface area contributed by atoms with Gasteiger partial charge in [-0.25, -0.2) is 0 Å². The zero-order chi connectivity index (χ0) is 15.6. The Morgan fingerprint density at radius 2 is 2.14 bits per heavy atom. The van der Waals surface area contributed by atoms with Gasteiger partial charge >= 0.3 is 0 Å². The van der Waals surface area contributed by atoms with Crippen LogP contribution < -0.4 is 0 Å². The largest absolute Gasteiger partial charge is 0.270 e. The van der Waals surface area contributed by atoms with Crippen molar-refractivity contribution in [3.63, 3.8) is 0 Å². The van der Waals surface area contributed by atoms with Crippen molar-refractivity contribution in [3.05, 3.63) is 38.3 Å². The minimum absolute atomic E-state index is 0.122. The summed E-state index contributed by atoms with van der Waals surface area (Å²) in [5, 5.41) is 11.0. The highest BCUT2D eigenvalue weighted by atomic mass is 79.9. The summed E-state index contributed by atoms with van der Waals surface area (Å²) in [6.07, 6.45) is 4.31. The van der Waals surface area contributed by atoms with E-state index in [1.165, 1.54) is 6.42 Å².